The van der Waals surface area contributed by atoms with E-state index in [9.17, 15) is 9.59 Å². The number of anilines is 1. The molecule has 2 heterocycles. The average Bonchev–Trinajstić information content (AvgIpc) is 3.41. The molecule has 0 aliphatic heterocycles. The zero-order valence-corrected chi connectivity index (χ0v) is 21.7. The predicted octanol–water partition coefficient (Wildman–Crippen LogP) is 4.69. The molecular formula is C22H26ClN5O4S2. The first-order valence-electron chi connectivity index (χ1n) is 10.7. The van der Waals surface area contributed by atoms with Gasteiger partial charge in [-0.15, -0.1) is 21.5 Å². The highest BCUT2D eigenvalue weighted by atomic mass is 35.5. The van der Waals surface area contributed by atoms with Crippen molar-refractivity contribution in [3.05, 3.63) is 45.7 Å². The molecule has 0 fully saturated rings. The number of aromatic nitrogens is 4. The van der Waals surface area contributed by atoms with Gasteiger partial charge in [-0.25, -0.2) is 4.98 Å². The Morgan fingerprint density at radius 2 is 2.09 bits per heavy atom. The Kier molecular flexibility index (Phi) is 9.31. The Morgan fingerprint density at radius 1 is 1.29 bits per heavy atom. The molecule has 0 aliphatic carbocycles. The lowest BCUT2D eigenvalue weighted by Gasteiger charge is -2.16. The fourth-order valence-electron chi connectivity index (χ4n) is 3.04. The van der Waals surface area contributed by atoms with E-state index in [1.807, 2.05) is 37.5 Å². The fourth-order valence-corrected chi connectivity index (χ4v) is 4.74. The van der Waals surface area contributed by atoms with Gasteiger partial charge in [0.25, 0.3) is 0 Å². The van der Waals surface area contributed by atoms with Gasteiger partial charge in [0.1, 0.15) is 5.75 Å². The quantitative estimate of drug-likeness (QED) is 0.285. The van der Waals surface area contributed by atoms with E-state index in [2.05, 4.69) is 20.5 Å². The van der Waals surface area contributed by atoms with Crippen molar-refractivity contribution in [2.75, 3.05) is 17.7 Å². The molecule has 3 rings (SSSR count). The van der Waals surface area contributed by atoms with Gasteiger partial charge in [0.2, 0.25) is 5.91 Å². The van der Waals surface area contributed by atoms with E-state index >= 15 is 0 Å². The molecule has 1 unspecified atom stereocenters. The number of rotatable bonds is 11. The normalized spacial score (nSPS) is 11.8. The maximum atomic E-state index is 12.4. The highest BCUT2D eigenvalue weighted by Gasteiger charge is 2.20. The average molecular weight is 524 g/mol. The van der Waals surface area contributed by atoms with Crippen LogP contribution < -0.4 is 10.1 Å². The molecule has 1 amide bonds. The number of benzene rings is 1. The van der Waals surface area contributed by atoms with Gasteiger partial charge in [0, 0.05) is 11.9 Å². The molecule has 34 heavy (non-hydrogen) atoms. The molecule has 1 N–H and O–H groups in total. The van der Waals surface area contributed by atoms with Crippen molar-refractivity contribution in [2.24, 2.45) is 0 Å². The molecule has 3 aromatic rings. The lowest BCUT2D eigenvalue weighted by molar-refractivity contribution is -0.142. The van der Waals surface area contributed by atoms with Crippen LogP contribution in [0.1, 0.15) is 44.0 Å². The highest BCUT2D eigenvalue weighted by Crippen LogP contribution is 2.30. The minimum absolute atomic E-state index is 0.0748. The Hall–Kier alpha value is -2.63. The second-order valence-electron chi connectivity index (χ2n) is 7.24. The van der Waals surface area contributed by atoms with E-state index in [0.717, 1.165) is 5.56 Å². The summed E-state index contributed by atoms with van der Waals surface area (Å²) >= 11 is 8.78. The SMILES string of the molecule is CCOC(=O)Cc1csc(NC(=O)CSc2nnc(C(C)Oc3cc(C)ccc3Cl)n2CC)n1. The molecular weight excluding hydrogens is 498 g/mol. The second-order valence-corrected chi connectivity index (χ2v) is 9.45. The highest BCUT2D eigenvalue weighted by molar-refractivity contribution is 7.99. The summed E-state index contributed by atoms with van der Waals surface area (Å²) in [6, 6.07) is 5.59. The van der Waals surface area contributed by atoms with Gasteiger partial charge in [-0.1, -0.05) is 29.4 Å². The number of hydrogen-bond donors (Lipinski definition) is 1. The zero-order chi connectivity index (χ0) is 24.7. The van der Waals surface area contributed by atoms with Gasteiger partial charge >= 0.3 is 5.97 Å². The second kappa shape index (κ2) is 12.2. The summed E-state index contributed by atoms with van der Waals surface area (Å²) in [5.41, 5.74) is 1.60. The van der Waals surface area contributed by atoms with Crippen LogP contribution in [0.3, 0.4) is 0 Å². The van der Waals surface area contributed by atoms with Crippen LogP contribution in [0.4, 0.5) is 5.13 Å². The number of carbonyl (C=O) groups is 2. The Balaban J connectivity index is 1.58. The number of amides is 1. The van der Waals surface area contributed by atoms with Crippen LogP contribution in [0.25, 0.3) is 0 Å². The van der Waals surface area contributed by atoms with Crippen molar-refractivity contribution in [2.45, 2.75) is 51.9 Å². The van der Waals surface area contributed by atoms with Crippen LogP contribution in [-0.4, -0.2) is 44.0 Å². The third kappa shape index (κ3) is 6.94. The third-order valence-electron chi connectivity index (χ3n) is 4.58. The van der Waals surface area contributed by atoms with Gasteiger partial charge in [-0.3, -0.25) is 9.59 Å². The van der Waals surface area contributed by atoms with E-state index in [0.29, 0.717) is 45.7 Å². The molecule has 2 aromatic heterocycles. The molecule has 1 atom stereocenters. The first-order valence-corrected chi connectivity index (χ1v) is 12.9. The molecule has 9 nitrogen and oxygen atoms in total. The number of esters is 1. The van der Waals surface area contributed by atoms with Crippen molar-refractivity contribution in [3.8, 4) is 5.75 Å². The maximum Gasteiger partial charge on any atom is 0.311 e. The minimum Gasteiger partial charge on any atom is -0.481 e. The van der Waals surface area contributed by atoms with Crippen molar-refractivity contribution in [1.29, 1.82) is 0 Å². The van der Waals surface area contributed by atoms with E-state index in [1.54, 1.807) is 18.4 Å². The molecule has 0 bridgehead atoms. The molecule has 1 aromatic carbocycles. The number of carbonyl (C=O) groups excluding carboxylic acids is 2. The summed E-state index contributed by atoms with van der Waals surface area (Å²) < 4.78 is 12.9. The maximum absolute atomic E-state index is 12.4. The summed E-state index contributed by atoms with van der Waals surface area (Å²) in [7, 11) is 0. The van der Waals surface area contributed by atoms with Crippen molar-refractivity contribution in [1.82, 2.24) is 19.7 Å². The van der Waals surface area contributed by atoms with Crippen LogP contribution in [0.2, 0.25) is 5.02 Å². The number of thiazole rings is 1. The minimum atomic E-state index is -0.386. The third-order valence-corrected chi connectivity index (χ3v) is 6.66. The standard InChI is InChI=1S/C22H26ClN5O4S2/c1-5-28-20(14(4)32-17-9-13(3)7-8-16(17)23)26-27-22(28)34-12-18(29)25-21-24-15(11-33-21)10-19(30)31-6-2/h7-9,11,14H,5-6,10,12H2,1-4H3,(H,24,25,29). The number of thioether (sulfide) groups is 1. The Morgan fingerprint density at radius 3 is 2.82 bits per heavy atom. The van der Waals surface area contributed by atoms with Crippen LogP contribution in [0.5, 0.6) is 5.75 Å². The lowest BCUT2D eigenvalue weighted by Crippen LogP contribution is -2.15. The molecule has 0 spiro atoms. The van der Waals surface area contributed by atoms with Gasteiger partial charge in [-0.05, 0) is 45.4 Å². The summed E-state index contributed by atoms with van der Waals surface area (Å²) in [5.74, 6) is 0.777. The number of ether oxygens (including phenoxy) is 2. The summed E-state index contributed by atoms with van der Waals surface area (Å²) in [4.78, 5) is 28.2. The molecule has 182 valence electrons. The van der Waals surface area contributed by atoms with Crippen molar-refractivity contribution >= 4 is 51.7 Å². The molecule has 0 aliphatic rings. The molecule has 0 radical (unpaired) electrons. The summed E-state index contributed by atoms with van der Waals surface area (Å²) in [6.45, 7) is 8.51. The van der Waals surface area contributed by atoms with Crippen molar-refractivity contribution in [3.63, 3.8) is 0 Å². The number of hydrogen-bond acceptors (Lipinski definition) is 9. The van der Waals surface area contributed by atoms with Gasteiger partial charge in [-0.2, -0.15) is 0 Å². The largest absolute Gasteiger partial charge is 0.481 e. The zero-order valence-electron chi connectivity index (χ0n) is 19.3. The smallest absolute Gasteiger partial charge is 0.311 e. The van der Waals surface area contributed by atoms with Crippen molar-refractivity contribution < 1.29 is 19.1 Å². The Labute approximate surface area is 211 Å². The van der Waals surface area contributed by atoms with Gasteiger partial charge in [0.05, 0.1) is 29.5 Å². The number of nitrogens with one attached hydrogen (secondary N) is 1. The van der Waals surface area contributed by atoms with Crippen LogP contribution in [0.15, 0.2) is 28.7 Å². The topological polar surface area (TPSA) is 108 Å². The first kappa shape index (κ1) is 26.0. The predicted molar refractivity (Wildman–Crippen MR) is 133 cm³/mol. The molecule has 0 saturated carbocycles. The van der Waals surface area contributed by atoms with Gasteiger partial charge in [0.15, 0.2) is 22.2 Å². The lowest BCUT2D eigenvalue weighted by atomic mass is 10.2. The molecule has 0 saturated heterocycles. The number of nitrogens with zero attached hydrogens (tertiary/aromatic N) is 4. The van der Waals surface area contributed by atoms with Crippen LogP contribution >= 0.6 is 34.7 Å². The summed E-state index contributed by atoms with van der Waals surface area (Å²) in [6.07, 6.45) is -0.311. The van der Waals surface area contributed by atoms with E-state index in [-0.39, 0.29) is 30.2 Å². The summed E-state index contributed by atoms with van der Waals surface area (Å²) in [5, 5.41) is 14.6. The van der Waals surface area contributed by atoms with E-state index in [4.69, 9.17) is 21.1 Å². The van der Waals surface area contributed by atoms with E-state index in [1.165, 1.54) is 23.1 Å². The van der Waals surface area contributed by atoms with Crippen LogP contribution in [0, 0.1) is 6.92 Å². The fraction of sp³-hybridized carbons (Fsp3) is 0.409. The van der Waals surface area contributed by atoms with Gasteiger partial charge < -0.3 is 19.4 Å². The van der Waals surface area contributed by atoms with E-state index < -0.39 is 0 Å². The van der Waals surface area contributed by atoms with Crippen LogP contribution in [-0.2, 0) is 27.3 Å². The number of aryl methyl sites for hydroxylation is 1. The first-order chi connectivity index (χ1) is 16.3. The Bertz CT molecular complexity index is 1150. The monoisotopic (exact) mass is 523 g/mol. The number of halogens is 1. The molecule has 12 heteroatoms.